The molecular formula is C12H21N3O2. The van der Waals surface area contributed by atoms with Crippen LogP contribution in [0.4, 0.5) is 0 Å². The molecule has 2 N–H and O–H groups in total. The highest BCUT2D eigenvalue weighted by atomic mass is 16.5. The van der Waals surface area contributed by atoms with E-state index >= 15 is 0 Å². The number of methoxy groups -OCH3 is 2. The first kappa shape index (κ1) is 13.7. The van der Waals surface area contributed by atoms with E-state index in [1.54, 1.807) is 20.4 Å². The highest BCUT2D eigenvalue weighted by molar-refractivity contribution is 5.25. The number of ether oxygens (including phenoxy) is 2. The van der Waals surface area contributed by atoms with Crippen molar-refractivity contribution in [2.24, 2.45) is 11.7 Å². The van der Waals surface area contributed by atoms with Crippen molar-refractivity contribution in [1.82, 2.24) is 9.97 Å². The largest absolute Gasteiger partial charge is 0.480 e. The van der Waals surface area contributed by atoms with Gasteiger partial charge in [0.2, 0.25) is 11.8 Å². The molecule has 0 aromatic carbocycles. The minimum Gasteiger partial charge on any atom is -0.480 e. The Morgan fingerprint density at radius 3 is 2.59 bits per heavy atom. The van der Waals surface area contributed by atoms with E-state index in [2.05, 4.69) is 23.8 Å². The summed E-state index contributed by atoms with van der Waals surface area (Å²) in [6, 6.07) is -0.154. The van der Waals surface area contributed by atoms with Gasteiger partial charge in [-0.15, -0.1) is 0 Å². The third kappa shape index (κ3) is 3.56. The number of nitrogens with two attached hydrogens (primary N) is 1. The molecule has 0 bridgehead atoms. The van der Waals surface area contributed by atoms with Gasteiger partial charge in [-0.3, -0.25) is 0 Å². The molecule has 2 atom stereocenters. The number of nitrogens with zero attached hydrogens (tertiary/aromatic N) is 2. The quantitative estimate of drug-likeness (QED) is 0.821. The minimum absolute atomic E-state index is 0.154. The summed E-state index contributed by atoms with van der Waals surface area (Å²) < 4.78 is 10.2. The molecule has 17 heavy (non-hydrogen) atoms. The van der Waals surface area contributed by atoms with Crippen LogP contribution < -0.4 is 15.2 Å². The van der Waals surface area contributed by atoms with E-state index < -0.39 is 0 Å². The Labute approximate surface area is 102 Å². The van der Waals surface area contributed by atoms with E-state index in [9.17, 15) is 0 Å². The van der Waals surface area contributed by atoms with Crippen LogP contribution in [0, 0.1) is 5.92 Å². The molecule has 0 amide bonds. The zero-order valence-corrected chi connectivity index (χ0v) is 10.9. The zero-order valence-electron chi connectivity index (χ0n) is 10.9. The van der Waals surface area contributed by atoms with Crippen molar-refractivity contribution >= 4 is 0 Å². The molecule has 0 fully saturated rings. The van der Waals surface area contributed by atoms with Crippen LogP contribution in [-0.4, -0.2) is 24.2 Å². The van der Waals surface area contributed by atoms with Crippen molar-refractivity contribution in [3.8, 4) is 11.8 Å². The maximum Gasteiger partial charge on any atom is 0.240 e. The van der Waals surface area contributed by atoms with Crippen LogP contribution in [0.3, 0.4) is 0 Å². The Morgan fingerprint density at radius 1 is 1.35 bits per heavy atom. The van der Waals surface area contributed by atoms with E-state index in [0.717, 1.165) is 12.8 Å². The standard InChI is InChI=1S/C12H21N3O2/c1-5-8(2)6-9(13)11-12(17-4)15-10(16-3)7-14-11/h7-9H,5-6,13H2,1-4H3. The molecule has 1 rings (SSSR count). The molecule has 1 aromatic heterocycles. The molecule has 96 valence electrons. The second-order valence-corrected chi connectivity index (χ2v) is 4.16. The highest BCUT2D eigenvalue weighted by Gasteiger charge is 2.18. The summed E-state index contributed by atoms with van der Waals surface area (Å²) in [6.45, 7) is 4.32. The molecule has 1 heterocycles. The first-order valence-corrected chi connectivity index (χ1v) is 5.82. The fourth-order valence-electron chi connectivity index (χ4n) is 1.58. The molecule has 2 unspecified atom stereocenters. The lowest BCUT2D eigenvalue weighted by molar-refractivity contribution is 0.348. The number of rotatable bonds is 6. The van der Waals surface area contributed by atoms with Crippen LogP contribution in [0.15, 0.2) is 6.20 Å². The second-order valence-electron chi connectivity index (χ2n) is 4.16. The summed E-state index contributed by atoms with van der Waals surface area (Å²) in [7, 11) is 3.10. The molecule has 0 aliphatic carbocycles. The van der Waals surface area contributed by atoms with E-state index in [-0.39, 0.29) is 6.04 Å². The maximum atomic E-state index is 6.12. The molecule has 1 aromatic rings. The Bertz CT molecular complexity index is 358. The van der Waals surface area contributed by atoms with Gasteiger partial charge in [0.1, 0.15) is 5.69 Å². The summed E-state index contributed by atoms with van der Waals surface area (Å²) in [5, 5.41) is 0. The van der Waals surface area contributed by atoms with Gasteiger partial charge in [-0.1, -0.05) is 20.3 Å². The molecule has 5 nitrogen and oxygen atoms in total. The number of aromatic nitrogens is 2. The van der Waals surface area contributed by atoms with Gasteiger partial charge in [0, 0.05) is 0 Å². The van der Waals surface area contributed by atoms with Crippen LogP contribution in [0.25, 0.3) is 0 Å². The lowest BCUT2D eigenvalue weighted by atomic mass is 9.98. The van der Waals surface area contributed by atoms with E-state index in [4.69, 9.17) is 15.2 Å². The zero-order chi connectivity index (χ0) is 12.8. The Hall–Kier alpha value is -1.36. The molecular weight excluding hydrogens is 218 g/mol. The number of hydrogen-bond donors (Lipinski definition) is 1. The molecule has 0 saturated heterocycles. The lowest BCUT2D eigenvalue weighted by Crippen LogP contribution is -2.17. The topological polar surface area (TPSA) is 70.3 Å². The molecule has 0 radical (unpaired) electrons. The SMILES string of the molecule is CCC(C)CC(N)c1ncc(OC)nc1OC. The van der Waals surface area contributed by atoms with Crippen LogP contribution in [-0.2, 0) is 0 Å². The first-order chi connectivity index (χ1) is 8.12. The third-order valence-electron chi connectivity index (χ3n) is 2.85. The Morgan fingerprint density at radius 2 is 2.06 bits per heavy atom. The number of hydrogen-bond acceptors (Lipinski definition) is 5. The average molecular weight is 239 g/mol. The predicted molar refractivity (Wildman–Crippen MR) is 66.1 cm³/mol. The maximum absolute atomic E-state index is 6.12. The van der Waals surface area contributed by atoms with Crippen molar-refractivity contribution in [2.75, 3.05) is 14.2 Å². The van der Waals surface area contributed by atoms with Crippen LogP contribution in [0.5, 0.6) is 11.8 Å². The molecule has 0 aliphatic rings. The summed E-state index contributed by atoms with van der Waals surface area (Å²) >= 11 is 0. The minimum atomic E-state index is -0.154. The average Bonchev–Trinajstić information content (AvgIpc) is 2.37. The van der Waals surface area contributed by atoms with Gasteiger partial charge >= 0.3 is 0 Å². The van der Waals surface area contributed by atoms with E-state index in [1.807, 2.05) is 0 Å². The van der Waals surface area contributed by atoms with Crippen molar-refractivity contribution < 1.29 is 9.47 Å². The predicted octanol–water partition coefficient (Wildman–Crippen LogP) is 1.93. The Kier molecular flexibility index (Phi) is 5.15. The van der Waals surface area contributed by atoms with E-state index in [1.165, 1.54) is 0 Å². The summed E-state index contributed by atoms with van der Waals surface area (Å²) in [6.07, 6.45) is 3.53. The van der Waals surface area contributed by atoms with Gasteiger partial charge in [-0.05, 0) is 12.3 Å². The fourth-order valence-corrected chi connectivity index (χ4v) is 1.58. The summed E-state index contributed by atoms with van der Waals surface area (Å²) in [5.41, 5.74) is 6.80. The summed E-state index contributed by atoms with van der Waals surface area (Å²) in [4.78, 5) is 8.45. The van der Waals surface area contributed by atoms with Crippen molar-refractivity contribution in [3.63, 3.8) is 0 Å². The third-order valence-corrected chi connectivity index (χ3v) is 2.85. The highest BCUT2D eigenvalue weighted by Crippen LogP contribution is 2.26. The fraction of sp³-hybridized carbons (Fsp3) is 0.667. The van der Waals surface area contributed by atoms with Gasteiger partial charge < -0.3 is 15.2 Å². The Balaban J connectivity index is 2.88. The van der Waals surface area contributed by atoms with Gasteiger partial charge in [-0.25, -0.2) is 4.98 Å². The lowest BCUT2D eigenvalue weighted by Gasteiger charge is -2.17. The van der Waals surface area contributed by atoms with Crippen molar-refractivity contribution in [1.29, 1.82) is 0 Å². The van der Waals surface area contributed by atoms with Crippen molar-refractivity contribution in [2.45, 2.75) is 32.7 Å². The first-order valence-electron chi connectivity index (χ1n) is 5.82. The van der Waals surface area contributed by atoms with Crippen LogP contribution >= 0.6 is 0 Å². The molecule has 0 spiro atoms. The molecule has 0 saturated carbocycles. The monoisotopic (exact) mass is 239 g/mol. The van der Waals surface area contributed by atoms with E-state index in [0.29, 0.717) is 23.4 Å². The normalized spacial score (nSPS) is 14.2. The smallest absolute Gasteiger partial charge is 0.240 e. The summed E-state index contributed by atoms with van der Waals surface area (Å²) in [5.74, 6) is 1.43. The molecule has 5 heteroatoms. The van der Waals surface area contributed by atoms with Gasteiger partial charge in [0.05, 0.1) is 26.5 Å². The molecule has 0 aliphatic heterocycles. The van der Waals surface area contributed by atoms with Crippen LogP contribution in [0.1, 0.15) is 38.4 Å². The van der Waals surface area contributed by atoms with Gasteiger partial charge in [0.15, 0.2) is 0 Å². The van der Waals surface area contributed by atoms with Gasteiger partial charge in [-0.2, -0.15) is 4.98 Å². The van der Waals surface area contributed by atoms with Crippen molar-refractivity contribution in [3.05, 3.63) is 11.9 Å². The second kappa shape index (κ2) is 6.39. The van der Waals surface area contributed by atoms with Crippen LogP contribution in [0.2, 0.25) is 0 Å². The van der Waals surface area contributed by atoms with Gasteiger partial charge in [0.25, 0.3) is 0 Å².